The minimum Gasteiger partial charge on any atom is -0.497 e. The molecule has 36 heavy (non-hydrogen) atoms. The molecule has 0 aromatic heterocycles. The number of hydrogen-bond acceptors (Lipinski definition) is 8. The van der Waals surface area contributed by atoms with Crippen LogP contribution in [0.2, 0.25) is 0 Å². The number of hydrazone groups is 1. The quantitative estimate of drug-likeness (QED) is 0.150. The Bertz CT molecular complexity index is 1240. The molecule has 9 nitrogen and oxygen atoms in total. The van der Waals surface area contributed by atoms with Crippen LogP contribution in [0.25, 0.3) is 6.08 Å². The molecule has 1 N–H and O–H groups in total. The van der Waals surface area contributed by atoms with Crippen LogP contribution in [0.15, 0.2) is 71.8 Å². The summed E-state index contributed by atoms with van der Waals surface area (Å²) in [6.07, 6.45) is 4.41. The maximum Gasteiger partial charge on any atom is 0.336 e. The van der Waals surface area contributed by atoms with Crippen LogP contribution in [0.3, 0.4) is 0 Å². The van der Waals surface area contributed by atoms with Gasteiger partial charge in [-0.15, -0.1) is 0 Å². The van der Waals surface area contributed by atoms with E-state index in [4.69, 9.17) is 23.7 Å². The Kier molecular flexibility index (Phi) is 9.05. The molecule has 0 spiro atoms. The third kappa shape index (κ3) is 6.86. The van der Waals surface area contributed by atoms with Gasteiger partial charge in [0.15, 0.2) is 11.5 Å². The minimum absolute atomic E-state index is 0.271. The number of carbonyl (C=O) groups excluding carboxylic acids is 2. The van der Waals surface area contributed by atoms with Crippen molar-refractivity contribution in [3.8, 4) is 28.7 Å². The number of nitrogens with zero attached hydrogens (tertiary/aromatic N) is 1. The second-order valence-electron chi connectivity index (χ2n) is 7.21. The van der Waals surface area contributed by atoms with Crippen molar-refractivity contribution in [1.29, 1.82) is 0 Å². The number of nitrogens with one attached hydrogen (secondary N) is 1. The van der Waals surface area contributed by atoms with E-state index in [0.717, 1.165) is 11.3 Å². The molecule has 0 heterocycles. The number of esters is 1. The highest BCUT2D eigenvalue weighted by molar-refractivity contribution is 5.96. The van der Waals surface area contributed by atoms with Crippen LogP contribution in [0.1, 0.15) is 21.5 Å². The van der Waals surface area contributed by atoms with E-state index in [1.807, 2.05) is 12.1 Å². The topological polar surface area (TPSA) is 105 Å². The monoisotopic (exact) mass is 490 g/mol. The van der Waals surface area contributed by atoms with Crippen molar-refractivity contribution in [2.75, 3.05) is 28.4 Å². The largest absolute Gasteiger partial charge is 0.497 e. The van der Waals surface area contributed by atoms with Gasteiger partial charge in [-0.25, -0.2) is 10.2 Å². The second kappa shape index (κ2) is 12.6. The molecule has 0 unspecified atom stereocenters. The average molecular weight is 491 g/mol. The van der Waals surface area contributed by atoms with E-state index in [1.165, 1.54) is 45.8 Å². The fourth-order valence-corrected chi connectivity index (χ4v) is 3.13. The third-order valence-electron chi connectivity index (χ3n) is 4.91. The predicted molar refractivity (Wildman–Crippen MR) is 135 cm³/mol. The smallest absolute Gasteiger partial charge is 0.336 e. The van der Waals surface area contributed by atoms with Crippen LogP contribution in [-0.2, 0) is 4.79 Å². The van der Waals surface area contributed by atoms with Crippen LogP contribution in [0, 0.1) is 0 Å². The van der Waals surface area contributed by atoms with Crippen LogP contribution in [0.4, 0.5) is 0 Å². The Morgan fingerprint density at radius 1 is 0.778 bits per heavy atom. The molecule has 0 saturated heterocycles. The SMILES string of the molecule is COc1ccc(/C=C/C(=O)Oc2cccc(/C=N/NC(=O)c3cc(OC)c(OC)c(OC)c3)c2)cc1. The first-order valence-electron chi connectivity index (χ1n) is 10.7. The Balaban J connectivity index is 1.61. The van der Waals surface area contributed by atoms with Gasteiger partial charge in [-0.05, 0) is 53.6 Å². The summed E-state index contributed by atoms with van der Waals surface area (Å²) in [5.74, 6) is 1.13. The molecule has 3 aromatic rings. The summed E-state index contributed by atoms with van der Waals surface area (Å²) in [7, 11) is 6.00. The van der Waals surface area contributed by atoms with Crippen molar-refractivity contribution in [2.45, 2.75) is 0 Å². The average Bonchev–Trinajstić information content (AvgIpc) is 2.91. The van der Waals surface area contributed by atoms with E-state index in [-0.39, 0.29) is 5.56 Å². The molecule has 0 aliphatic heterocycles. The lowest BCUT2D eigenvalue weighted by Gasteiger charge is -2.13. The van der Waals surface area contributed by atoms with E-state index < -0.39 is 11.9 Å². The molecule has 0 bridgehead atoms. The van der Waals surface area contributed by atoms with E-state index in [1.54, 1.807) is 49.6 Å². The van der Waals surface area contributed by atoms with Gasteiger partial charge in [0.05, 0.1) is 34.7 Å². The Morgan fingerprint density at radius 3 is 2.08 bits per heavy atom. The van der Waals surface area contributed by atoms with Crippen molar-refractivity contribution in [3.63, 3.8) is 0 Å². The zero-order valence-electron chi connectivity index (χ0n) is 20.3. The zero-order chi connectivity index (χ0) is 25.9. The fourth-order valence-electron chi connectivity index (χ4n) is 3.13. The molecule has 3 rings (SSSR count). The highest BCUT2D eigenvalue weighted by atomic mass is 16.5. The first-order chi connectivity index (χ1) is 17.5. The second-order valence-corrected chi connectivity index (χ2v) is 7.21. The molecule has 1 amide bonds. The van der Waals surface area contributed by atoms with Crippen LogP contribution in [-0.4, -0.2) is 46.5 Å². The summed E-state index contributed by atoms with van der Waals surface area (Å²) >= 11 is 0. The number of amides is 1. The fraction of sp³-hybridized carbons (Fsp3) is 0.148. The van der Waals surface area contributed by atoms with Gasteiger partial charge >= 0.3 is 5.97 Å². The van der Waals surface area contributed by atoms with Gasteiger partial charge in [0.2, 0.25) is 5.75 Å². The molecule has 3 aromatic carbocycles. The Morgan fingerprint density at radius 2 is 1.47 bits per heavy atom. The maximum absolute atomic E-state index is 12.5. The van der Waals surface area contributed by atoms with Gasteiger partial charge in [0.25, 0.3) is 5.91 Å². The lowest BCUT2D eigenvalue weighted by atomic mass is 10.1. The maximum atomic E-state index is 12.5. The van der Waals surface area contributed by atoms with Gasteiger partial charge in [-0.1, -0.05) is 24.3 Å². The zero-order valence-corrected chi connectivity index (χ0v) is 20.3. The number of rotatable bonds is 10. The Hall–Kier alpha value is -4.79. The van der Waals surface area contributed by atoms with Crippen molar-refractivity contribution < 1.29 is 33.3 Å². The standard InChI is InChI=1S/C27H26N2O7/c1-32-21-11-8-18(9-12-21)10-13-25(30)36-22-7-5-6-19(14-22)17-28-29-27(31)20-15-23(33-2)26(35-4)24(16-20)34-3/h5-17H,1-4H3,(H,29,31)/b13-10+,28-17+. The van der Waals surface area contributed by atoms with Gasteiger partial charge in [0.1, 0.15) is 11.5 Å². The molecule has 0 aliphatic carbocycles. The molecule has 186 valence electrons. The molecule has 0 saturated carbocycles. The molecular formula is C27H26N2O7. The van der Waals surface area contributed by atoms with E-state index in [0.29, 0.717) is 28.6 Å². The highest BCUT2D eigenvalue weighted by Crippen LogP contribution is 2.38. The third-order valence-corrected chi connectivity index (χ3v) is 4.91. The van der Waals surface area contributed by atoms with Gasteiger partial charge in [-0.3, -0.25) is 4.79 Å². The highest BCUT2D eigenvalue weighted by Gasteiger charge is 2.16. The van der Waals surface area contributed by atoms with E-state index >= 15 is 0 Å². The molecule has 9 heteroatoms. The summed E-state index contributed by atoms with van der Waals surface area (Å²) in [4.78, 5) is 24.7. The summed E-state index contributed by atoms with van der Waals surface area (Å²) in [6, 6.07) is 17.0. The molecular weight excluding hydrogens is 464 g/mol. The minimum atomic E-state index is -0.532. The molecule has 0 fully saturated rings. The van der Waals surface area contributed by atoms with Crippen molar-refractivity contribution >= 4 is 24.2 Å². The van der Waals surface area contributed by atoms with Gasteiger partial charge < -0.3 is 23.7 Å². The van der Waals surface area contributed by atoms with Crippen molar-refractivity contribution in [1.82, 2.24) is 5.43 Å². The number of ether oxygens (including phenoxy) is 5. The van der Waals surface area contributed by atoms with E-state index in [9.17, 15) is 9.59 Å². The van der Waals surface area contributed by atoms with Crippen molar-refractivity contribution in [2.24, 2.45) is 5.10 Å². The first-order valence-corrected chi connectivity index (χ1v) is 10.7. The molecule has 0 atom stereocenters. The number of hydrogen-bond donors (Lipinski definition) is 1. The normalized spacial score (nSPS) is 10.8. The number of methoxy groups -OCH3 is 4. The van der Waals surface area contributed by atoms with Crippen LogP contribution >= 0.6 is 0 Å². The first kappa shape index (κ1) is 25.8. The lowest BCUT2D eigenvalue weighted by molar-refractivity contribution is -0.128. The van der Waals surface area contributed by atoms with Crippen molar-refractivity contribution in [3.05, 3.63) is 83.4 Å². The van der Waals surface area contributed by atoms with E-state index in [2.05, 4.69) is 10.5 Å². The number of carbonyl (C=O) groups is 2. The van der Waals surface area contributed by atoms with Gasteiger partial charge in [0, 0.05) is 11.6 Å². The number of benzene rings is 3. The predicted octanol–water partition coefficient (Wildman–Crippen LogP) is 4.10. The van der Waals surface area contributed by atoms with Crippen LogP contribution in [0.5, 0.6) is 28.7 Å². The van der Waals surface area contributed by atoms with Crippen LogP contribution < -0.4 is 29.1 Å². The summed E-state index contributed by atoms with van der Waals surface area (Å²) < 4.78 is 26.3. The lowest BCUT2D eigenvalue weighted by Crippen LogP contribution is -2.18. The van der Waals surface area contributed by atoms with Gasteiger partial charge in [-0.2, -0.15) is 5.10 Å². The summed E-state index contributed by atoms with van der Waals surface area (Å²) in [6.45, 7) is 0. The molecule has 0 aliphatic rings. The summed E-state index contributed by atoms with van der Waals surface area (Å²) in [5, 5.41) is 3.98. The Labute approximate surface area is 208 Å². The summed E-state index contributed by atoms with van der Waals surface area (Å²) in [5.41, 5.74) is 4.16. The molecule has 0 radical (unpaired) electrons.